The van der Waals surface area contributed by atoms with Gasteiger partial charge in [0.2, 0.25) is 0 Å². The number of ether oxygens (including phenoxy) is 1. The highest BCUT2D eigenvalue weighted by molar-refractivity contribution is 7.87. The van der Waals surface area contributed by atoms with Crippen molar-refractivity contribution in [2.45, 2.75) is 45.3 Å². The number of carbonyl (C=O) groups is 1. The maximum absolute atomic E-state index is 12.0. The first-order valence-electron chi connectivity index (χ1n) is 6.32. The topological polar surface area (TPSA) is 87.7 Å². The number of hydrogen-bond donors (Lipinski definition) is 2. The van der Waals surface area contributed by atoms with Crippen molar-refractivity contribution in [1.82, 2.24) is 14.3 Å². The van der Waals surface area contributed by atoms with E-state index in [1.54, 1.807) is 20.8 Å². The maximum Gasteiger partial charge on any atom is 0.422 e. The van der Waals surface area contributed by atoms with Crippen LogP contribution in [0.25, 0.3) is 0 Å². The second-order valence-corrected chi connectivity index (χ2v) is 7.24. The van der Waals surface area contributed by atoms with Crippen molar-refractivity contribution < 1.29 is 17.9 Å². The molecule has 1 fully saturated rings. The highest BCUT2D eigenvalue weighted by atomic mass is 32.2. The van der Waals surface area contributed by atoms with Crippen LogP contribution in [0.1, 0.15) is 33.6 Å². The zero-order valence-corrected chi connectivity index (χ0v) is 12.7. The molecule has 0 spiro atoms. The van der Waals surface area contributed by atoms with Gasteiger partial charge in [0.15, 0.2) is 0 Å². The van der Waals surface area contributed by atoms with E-state index in [9.17, 15) is 13.2 Å². The highest BCUT2D eigenvalue weighted by Crippen LogP contribution is 2.13. The summed E-state index contributed by atoms with van der Waals surface area (Å²) in [5.74, 6) is 0. The Hall–Kier alpha value is -0.860. The molecule has 2 N–H and O–H groups in total. The van der Waals surface area contributed by atoms with Gasteiger partial charge in [-0.1, -0.05) is 0 Å². The molecule has 1 aliphatic rings. The van der Waals surface area contributed by atoms with Crippen LogP contribution in [-0.2, 0) is 14.9 Å². The molecule has 0 aromatic carbocycles. The van der Waals surface area contributed by atoms with E-state index in [0.29, 0.717) is 19.1 Å². The quantitative estimate of drug-likeness (QED) is 0.788. The van der Waals surface area contributed by atoms with Crippen molar-refractivity contribution in [2.75, 3.05) is 20.1 Å². The monoisotopic (exact) mass is 293 g/mol. The van der Waals surface area contributed by atoms with Crippen molar-refractivity contribution >= 4 is 16.3 Å². The van der Waals surface area contributed by atoms with E-state index in [-0.39, 0.29) is 0 Å². The highest BCUT2D eigenvalue weighted by Gasteiger charge is 2.30. The zero-order chi connectivity index (χ0) is 14.7. The van der Waals surface area contributed by atoms with E-state index >= 15 is 0 Å². The zero-order valence-electron chi connectivity index (χ0n) is 11.9. The van der Waals surface area contributed by atoms with E-state index in [1.807, 2.05) is 11.8 Å². The molecule has 0 saturated carbocycles. The predicted octanol–water partition coefficient (Wildman–Crippen LogP) is 0.440. The van der Waals surface area contributed by atoms with Crippen molar-refractivity contribution in [2.24, 2.45) is 0 Å². The van der Waals surface area contributed by atoms with Crippen LogP contribution in [0.3, 0.4) is 0 Å². The molecule has 112 valence electrons. The fourth-order valence-electron chi connectivity index (χ4n) is 1.85. The number of nitrogens with one attached hydrogen (secondary N) is 2. The van der Waals surface area contributed by atoms with Crippen LogP contribution in [0, 0.1) is 0 Å². The lowest BCUT2D eigenvalue weighted by atomic mass is 10.1. The van der Waals surface area contributed by atoms with Gasteiger partial charge < -0.3 is 10.1 Å². The SMILES string of the molecule is CNC1CCN(S(=O)(=O)NC(=O)OC(C)(C)C)CC1. The second-order valence-electron chi connectivity index (χ2n) is 5.57. The minimum Gasteiger partial charge on any atom is -0.443 e. The Bertz CT molecular complexity index is 408. The molecule has 1 rings (SSSR count). The van der Waals surface area contributed by atoms with Crippen LogP contribution in [0.4, 0.5) is 4.79 Å². The summed E-state index contributed by atoms with van der Waals surface area (Å²) >= 11 is 0. The Kier molecular flexibility index (Phi) is 5.17. The van der Waals surface area contributed by atoms with Gasteiger partial charge in [-0.3, -0.25) is 0 Å². The van der Waals surface area contributed by atoms with Gasteiger partial charge in [-0.15, -0.1) is 0 Å². The third-order valence-electron chi connectivity index (χ3n) is 2.81. The Morgan fingerprint density at radius 2 is 1.79 bits per heavy atom. The van der Waals surface area contributed by atoms with E-state index < -0.39 is 21.9 Å². The predicted molar refractivity (Wildman–Crippen MR) is 71.9 cm³/mol. The molecular weight excluding hydrogens is 270 g/mol. The lowest BCUT2D eigenvalue weighted by Crippen LogP contribution is -2.50. The van der Waals surface area contributed by atoms with Crippen LogP contribution in [-0.4, -0.2) is 50.6 Å². The van der Waals surface area contributed by atoms with Gasteiger partial charge in [0.05, 0.1) is 0 Å². The van der Waals surface area contributed by atoms with Crippen molar-refractivity contribution in [3.8, 4) is 0 Å². The average molecular weight is 293 g/mol. The molecule has 1 aliphatic heterocycles. The summed E-state index contributed by atoms with van der Waals surface area (Å²) in [5, 5.41) is 3.11. The summed E-state index contributed by atoms with van der Waals surface area (Å²) < 4.78 is 32.1. The number of nitrogens with zero attached hydrogens (tertiary/aromatic N) is 1. The smallest absolute Gasteiger partial charge is 0.422 e. The van der Waals surface area contributed by atoms with E-state index in [0.717, 1.165) is 12.8 Å². The Morgan fingerprint density at radius 3 is 2.21 bits per heavy atom. The molecule has 0 radical (unpaired) electrons. The first kappa shape index (κ1) is 16.2. The molecule has 1 heterocycles. The van der Waals surface area contributed by atoms with Crippen molar-refractivity contribution in [3.05, 3.63) is 0 Å². The summed E-state index contributed by atoms with van der Waals surface area (Å²) in [6, 6.07) is 0.327. The first-order chi connectivity index (χ1) is 8.64. The molecule has 1 saturated heterocycles. The Labute approximate surface area is 114 Å². The molecule has 0 aromatic heterocycles. The molecule has 0 bridgehead atoms. The van der Waals surface area contributed by atoms with Crippen LogP contribution in [0.5, 0.6) is 0 Å². The molecule has 0 unspecified atom stereocenters. The molecule has 8 heteroatoms. The average Bonchev–Trinajstić information content (AvgIpc) is 2.25. The van der Waals surface area contributed by atoms with Gasteiger partial charge in [0, 0.05) is 19.1 Å². The molecule has 19 heavy (non-hydrogen) atoms. The van der Waals surface area contributed by atoms with Gasteiger partial charge in [-0.2, -0.15) is 12.7 Å². The normalized spacial score (nSPS) is 19.2. The third kappa shape index (κ3) is 5.33. The first-order valence-corrected chi connectivity index (χ1v) is 7.76. The van der Waals surface area contributed by atoms with E-state index in [4.69, 9.17) is 4.74 Å². The Balaban J connectivity index is 2.55. The molecular formula is C11H23N3O4S. The van der Waals surface area contributed by atoms with Crippen molar-refractivity contribution in [3.63, 3.8) is 0 Å². The van der Waals surface area contributed by atoms with Crippen LogP contribution >= 0.6 is 0 Å². The fourth-order valence-corrected chi connectivity index (χ4v) is 2.93. The lowest BCUT2D eigenvalue weighted by Gasteiger charge is -2.31. The van der Waals surface area contributed by atoms with Gasteiger partial charge in [0.1, 0.15) is 5.60 Å². The summed E-state index contributed by atoms with van der Waals surface area (Å²) in [4.78, 5) is 11.5. The molecule has 0 aliphatic carbocycles. The number of amides is 1. The summed E-state index contributed by atoms with van der Waals surface area (Å²) in [7, 11) is -1.95. The minimum absolute atomic E-state index is 0.327. The van der Waals surface area contributed by atoms with Gasteiger partial charge in [0.25, 0.3) is 0 Å². The molecule has 0 atom stereocenters. The number of rotatable bonds is 3. The number of carbonyl (C=O) groups excluding carboxylic acids is 1. The lowest BCUT2D eigenvalue weighted by molar-refractivity contribution is 0.0566. The summed E-state index contributed by atoms with van der Waals surface area (Å²) in [6.07, 6.45) is 0.514. The number of piperidine rings is 1. The molecule has 0 aromatic rings. The van der Waals surface area contributed by atoms with Gasteiger partial charge in [-0.05, 0) is 40.7 Å². The molecule has 1 amide bonds. The summed E-state index contributed by atoms with van der Waals surface area (Å²) in [5.41, 5.74) is -0.723. The van der Waals surface area contributed by atoms with Gasteiger partial charge >= 0.3 is 16.3 Å². The number of hydrogen-bond acceptors (Lipinski definition) is 5. The van der Waals surface area contributed by atoms with E-state index in [2.05, 4.69) is 5.32 Å². The van der Waals surface area contributed by atoms with E-state index in [1.165, 1.54) is 4.31 Å². The van der Waals surface area contributed by atoms with Crippen LogP contribution in [0.15, 0.2) is 0 Å². The van der Waals surface area contributed by atoms with Crippen molar-refractivity contribution in [1.29, 1.82) is 0 Å². The summed E-state index contributed by atoms with van der Waals surface area (Å²) in [6.45, 7) is 5.82. The van der Waals surface area contributed by atoms with Crippen LogP contribution < -0.4 is 10.0 Å². The standard InChI is InChI=1S/C11H23N3O4S/c1-11(2,3)18-10(15)13-19(16,17)14-7-5-9(12-4)6-8-14/h9,12H,5-8H2,1-4H3,(H,13,15). The fraction of sp³-hybridized carbons (Fsp3) is 0.909. The maximum atomic E-state index is 12.0. The second kappa shape index (κ2) is 6.06. The Morgan fingerprint density at radius 1 is 1.26 bits per heavy atom. The third-order valence-corrected chi connectivity index (χ3v) is 4.28. The van der Waals surface area contributed by atoms with Crippen LogP contribution in [0.2, 0.25) is 0 Å². The molecule has 7 nitrogen and oxygen atoms in total. The minimum atomic E-state index is -3.81. The van der Waals surface area contributed by atoms with Gasteiger partial charge in [-0.25, -0.2) is 9.52 Å². The largest absolute Gasteiger partial charge is 0.443 e.